The van der Waals surface area contributed by atoms with Crippen molar-refractivity contribution in [2.24, 2.45) is 0 Å². The van der Waals surface area contributed by atoms with Crippen LogP contribution >= 0.6 is 0 Å². The summed E-state index contributed by atoms with van der Waals surface area (Å²) >= 11 is 0. The van der Waals surface area contributed by atoms with E-state index in [1.807, 2.05) is 0 Å². The van der Waals surface area contributed by atoms with E-state index in [-0.39, 0.29) is 0 Å². The van der Waals surface area contributed by atoms with E-state index in [0.717, 1.165) is 43.0 Å². The van der Waals surface area contributed by atoms with E-state index in [2.05, 4.69) is 9.97 Å². The van der Waals surface area contributed by atoms with Gasteiger partial charge in [-0.05, 0) is 30.5 Å². The molecular weight excluding hydrogens is 288 g/mol. The third-order valence-electron chi connectivity index (χ3n) is 3.67. The van der Waals surface area contributed by atoms with Crippen molar-refractivity contribution in [2.45, 2.75) is 23.7 Å². The van der Waals surface area contributed by atoms with Gasteiger partial charge in [-0.25, -0.2) is 18.4 Å². The molecule has 0 bridgehead atoms. The average Bonchev–Trinajstić information content (AvgIpc) is 2.56. The van der Waals surface area contributed by atoms with Crippen LogP contribution in [-0.2, 0) is 15.4 Å². The Morgan fingerprint density at radius 1 is 0.952 bits per heavy atom. The molecule has 6 heteroatoms. The van der Waals surface area contributed by atoms with Crippen molar-refractivity contribution in [1.29, 1.82) is 0 Å². The lowest BCUT2D eigenvalue weighted by Gasteiger charge is -2.20. The Labute approximate surface area is 125 Å². The van der Waals surface area contributed by atoms with Gasteiger partial charge in [0, 0.05) is 37.1 Å². The molecule has 0 N–H and O–H groups in total. The van der Waals surface area contributed by atoms with Gasteiger partial charge in [-0.3, -0.25) is 0 Å². The Morgan fingerprint density at radius 3 is 2.14 bits per heavy atom. The molecule has 0 aliphatic carbocycles. The predicted octanol–water partition coefficient (Wildman–Crippen LogP) is 2.01. The van der Waals surface area contributed by atoms with Crippen LogP contribution in [0, 0.1) is 0 Å². The summed E-state index contributed by atoms with van der Waals surface area (Å²) in [4.78, 5) is 9.21. The minimum Gasteiger partial charge on any atom is -0.381 e. The number of ether oxygens (including phenoxy) is 1. The van der Waals surface area contributed by atoms with Gasteiger partial charge in [0.25, 0.3) is 0 Å². The Hall–Kier alpha value is -1.79. The van der Waals surface area contributed by atoms with E-state index in [0.29, 0.717) is 10.8 Å². The molecule has 0 unspecified atom stereocenters. The first-order valence-electron chi connectivity index (χ1n) is 6.88. The van der Waals surface area contributed by atoms with Crippen LogP contribution in [0.1, 0.15) is 24.6 Å². The van der Waals surface area contributed by atoms with E-state index in [1.54, 1.807) is 36.7 Å². The zero-order chi connectivity index (χ0) is 14.7. The summed E-state index contributed by atoms with van der Waals surface area (Å²) < 4.78 is 27.1. The summed E-state index contributed by atoms with van der Waals surface area (Å²) in [5, 5.41) is 0. The van der Waals surface area contributed by atoms with Crippen LogP contribution in [-0.4, -0.2) is 31.6 Å². The molecule has 1 saturated heterocycles. The molecule has 1 aliphatic heterocycles. The molecule has 2 heterocycles. The van der Waals surface area contributed by atoms with Crippen molar-refractivity contribution in [3.63, 3.8) is 0 Å². The van der Waals surface area contributed by atoms with Crippen LogP contribution in [0.2, 0.25) is 0 Å². The van der Waals surface area contributed by atoms with Gasteiger partial charge in [0.15, 0.2) is 10.7 Å². The number of thiol groups is 1. The molecule has 0 spiro atoms. The first-order valence-corrected chi connectivity index (χ1v) is 8.06. The number of aromatic nitrogens is 2. The highest BCUT2D eigenvalue weighted by molar-refractivity contribution is 7.72. The molecule has 1 aromatic carbocycles. The second-order valence-electron chi connectivity index (χ2n) is 5.02. The molecule has 5 nitrogen and oxygen atoms in total. The smallest absolute Gasteiger partial charge is 0.168 e. The molecule has 0 saturated carbocycles. The molecule has 3 rings (SSSR count). The van der Waals surface area contributed by atoms with E-state index in [4.69, 9.17) is 4.74 Å². The Kier molecular flexibility index (Phi) is 4.26. The highest BCUT2D eigenvalue weighted by atomic mass is 32.2. The van der Waals surface area contributed by atoms with Gasteiger partial charge >= 0.3 is 0 Å². The second kappa shape index (κ2) is 6.32. The highest BCUT2D eigenvalue weighted by Crippen LogP contribution is 2.25. The first kappa shape index (κ1) is 14.2. The lowest BCUT2D eigenvalue weighted by atomic mass is 9.99. The minimum atomic E-state index is -2.53. The fourth-order valence-corrected chi connectivity index (χ4v) is 2.82. The van der Waals surface area contributed by atoms with Crippen LogP contribution in [0.4, 0.5) is 0 Å². The molecule has 1 fully saturated rings. The first-order chi connectivity index (χ1) is 10.2. The quantitative estimate of drug-likeness (QED) is 0.878. The molecule has 0 atom stereocenters. The minimum absolute atomic E-state index is 0.313. The van der Waals surface area contributed by atoms with Crippen molar-refractivity contribution >= 4 is 10.7 Å². The normalized spacial score (nSPS) is 16.2. The Bertz CT molecular complexity index is 667. The van der Waals surface area contributed by atoms with Crippen molar-refractivity contribution in [1.82, 2.24) is 9.97 Å². The van der Waals surface area contributed by atoms with Crippen LogP contribution in [0.15, 0.2) is 41.6 Å². The topological polar surface area (TPSA) is 69.2 Å². The van der Waals surface area contributed by atoms with Gasteiger partial charge < -0.3 is 4.74 Å². The Balaban J connectivity index is 1.79. The van der Waals surface area contributed by atoms with Gasteiger partial charge in [0.1, 0.15) is 5.82 Å². The molecule has 0 radical (unpaired) electrons. The largest absolute Gasteiger partial charge is 0.381 e. The molecular formula is C15H16N2O3S. The van der Waals surface area contributed by atoms with Gasteiger partial charge in [-0.2, -0.15) is 0 Å². The summed E-state index contributed by atoms with van der Waals surface area (Å²) in [6.07, 6.45) is 5.52. The van der Waals surface area contributed by atoms with E-state index in [9.17, 15) is 8.42 Å². The molecule has 1 aromatic heterocycles. The number of rotatable bonds is 3. The fraction of sp³-hybridized carbons (Fsp3) is 0.333. The van der Waals surface area contributed by atoms with Crippen LogP contribution in [0.3, 0.4) is 0 Å². The van der Waals surface area contributed by atoms with Crippen LogP contribution in [0.5, 0.6) is 0 Å². The van der Waals surface area contributed by atoms with Crippen LogP contribution in [0.25, 0.3) is 11.1 Å². The van der Waals surface area contributed by atoms with Gasteiger partial charge in [-0.1, -0.05) is 12.1 Å². The number of benzene rings is 1. The number of hydrogen-bond acceptors (Lipinski definition) is 5. The molecule has 1 aliphatic rings. The summed E-state index contributed by atoms with van der Waals surface area (Å²) in [6, 6.07) is 6.72. The van der Waals surface area contributed by atoms with Gasteiger partial charge in [-0.15, -0.1) is 0 Å². The fourth-order valence-electron chi connectivity index (χ4n) is 2.43. The van der Waals surface area contributed by atoms with Crippen molar-refractivity contribution in [3.8, 4) is 11.1 Å². The summed E-state index contributed by atoms with van der Waals surface area (Å²) in [5.74, 6) is 1.24. The van der Waals surface area contributed by atoms with Crippen molar-refractivity contribution in [3.05, 3.63) is 42.5 Å². The van der Waals surface area contributed by atoms with Crippen molar-refractivity contribution < 1.29 is 13.2 Å². The third kappa shape index (κ3) is 3.28. The van der Waals surface area contributed by atoms with Crippen LogP contribution < -0.4 is 0 Å². The Morgan fingerprint density at radius 2 is 1.57 bits per heavy atom. The van der Waals surface area contributed by atoms with Gasteiger partial charge in [0.05, 0.1) is 4.90 Å². The molecule has 0 amide bonds. The highest BCUT2D eigenvalue weighted by Gasteiger charge is 2.18. The number of hydrogen-bond donors (Lipinski definition) is 1. The molecule has 2 aromatic rings. The monoisotopic (exact) mass is 304 g/mol. The summed E-state index contributed by atoms with van der Waals surface area (Å²) in [6.45, 7) is 1.54. The second-order valence-corrected chi connectivity index (χ2v) is 6.05. The number of nitrogens with zero attached hydrogens (tertiary/aromatic N) is 2. The SMILES string of the molecule is O=[SH](=O)c1ccc(-c2cnc(C3CCOCC3)nc2)cc1. The predicted molar refractivity (Wildman–Crippen MR) is 78.8 cm³/mol. The van der Waals surface area contributed by atoms with E-state index in [1.165, 1.54) is 0 Å². The molecule has 21 heavy (non-hydrogen) atoms. The average molecular weight is 304 g/mol. The maximum atomic E-state index is 10.9. The molecule has 110 valence electrons. The standard InChI is InChI=1S/C15H16N2O3S/c18-21(19)14-3-1-11(2-4-14)13-9-16-15(17-10-13)12-5-7-20-8-6-12/h1-4,9-10,12,21H,5-8H2. The zero-order valence-electron chi connectivity index (χ0n) is 11.4. The van der Waals surface area contributed by atoms with E-state index < -0.39 is 10.7 Å². The summed E-state index contributed by atoms with van der Waals surface area (Å²) in [5.41, 5.74) is 1.80. The summed E-state index contributed by atoms with van der Waals surface area (Å²) in [7, 11) is -2.53. The van der Waals surface area contributed by atoms with Crippen molar-refractivity contribution in [2.75, 3.05) is 13.2 Å². The lowest BCUT2D eigenvalue weighted by Crippen LogP contribution is -2.16. The maximum Gasteiger partial charge on any atom is 0.168 e. The maximum absolute atomic E-state index is 10.9. The lowest BCUT2D eigenvalue weighted by molar-refractivity contribution is 0.0836. The zero-order valence-corrected chi connectivity index (χ0v) is 12.3. The third-order valence-corrected chi connectivity index (χ3v) is 4.39. The van der Waals surface area contributed by atoms with E-state index >= 15 is 0 Å². The van der Waals surface area contributed by atoms with Gasteiger partial charge in [0.2, 0.25) is 0 Å².